The van der Waals surface area contributed by atoms with E-state index < -0.39 is 15.8 Å². The smallest absolute Gasteiger partial charge is 0.330 e. The Bertz CT molecular complexity index is 846. The van der Waals surface area contributed by atoms with Gasteiger partial charge in [0.1, 0.15) is 6.61 Å². The van der Waals surface area contributed by atoms with Gasteiger partial charge >= 0.3 is 5.97 Å². The van der Waals surface area contributed by atoms with Crippen molar-refractivity contribution in [1.82, 2.24) is 0 Å². The molecule has 7 heteroatoms. The molecular formula is C17H14Cl2O4S. The van der Waals surface area contributed by atoms with Crippen molar-refractivity contribution < 1.29 is 17.9 Å². The molecule has 0 aliphatic rings. The van der Waals surface area contributed by atoms with Crippen LogP contribution in [-0.4, -0.2) is 26.7 Å². The van der Waals surface area contributed by atoms with Crippen LogP contribution in [0.1, 0.15) is 5.56 Å². The normalized spacial score (nSPS) is 11.6. The third-order valence-electron chi connectivity index (χ3n) is 3.06. The largest absolute Gasteiger partial charge is 0.461 e. The van der Waals surface area contributed by atoms with E-state index in [1.54, 1.807) is 6.08 Å². The van der Waals surface area contributed by atoms with Crippen LogP contribution in [0.15, 0.2) is 59.5 Å². The summed E-state index contributed by atoms with van der Waals surface area (Å²) in [6, 6.07) is 13.3. The van der Waals surface area contributed by atoms with Crippen LogP contribution in [0.25, 0.3) is 6.08 Å². The molecule has 0 saturated carbocycles. The summed E-state index contributed by atoms with van der Waals surface area (Å²) in [5.41, 5.74) is 0.845. The fraction of sp³-hybridized carbons (Fsp3) is 0.118. The number of carbonyl (C=O) groups excluding carboxylic acids is 1. The Morgan fingerprint density at radius 3 is 2.42 bits per heavy atom. The zero-order chi connectivity index (χ0) is 17.6. The lowest BCUT2D eigenvalue weighted by molar-refractivity contribution is -0.137. The van der Waals surface area contributed by atoms with Crippen LogP contribution in [-0.2, 0) is 19.4 Å². The molecule has 0 fully saturated rings. The van der Waals surface area contributed by atoms with E-state index in [1.165, 1.54) is 24.3 Å². The fourth-order valence-corrected chi connectivity index (χ4v) is 3.29. The van der Waals surface area contributed by atoms with Crippen molar-refractivity contribution in [3.63, 3.8) is 0 Å². The molecule has 24 heavy (non-hydrogen) atoms. The molecule has 0 aromatic heterocycles. The minimum absolute atomic E-state index is 0.0350. The van der Waals surface area contributed by atoms with E-state index in [9.17, 15) is 13.2 Å². The maximum Gasteiger partial charge on any atom is 0.330 e. The van der Waals surface area contributed by atoms with Gasteiger partial charge in [-0.05, 0) is 29.8 Å². The van der Waals surface area contributed by atoms with E-state index in [0.29, 0.717) is 0 Å². The quantitative estimate of drug-likeness (QED) is 0.557. The highest BCUT2D eigenvalue weighted by molar-refractivity contribution is 7.91. The third kappa shape index (κ3) is 5.37. The summed E-state index contributed by atoms with van der Waals surface area (Å²) in [6.45, 7) is -0.249. The monoisotopic (exact) mass is 384 g/mol. The van der Waals surface area contributed by atoms with Gasteiger partial charge in [-0.1, -0.05) is 53.5 Å². The van der Waals surface area contributed by atoms with E-state index in [4.69, 9.17) is 27.9 Å². The molecular weight excluding hydrogens is 371 g/mol. The van der Waals surface area contributed by atoms with Crippen molar-refractivity contribution >= 4 is 45.1 Å². The van der Waals surface area contributed by atoms with Crippen LogP contribution in [0.2, 0.25) is 10.0 Å². The zero-order valence-electron chi connectivity index (χ0n) is 12.5. The predicted octanol–water partition coefficient (Wildman–Crippen LogP) is 4.02. The zero-order valence-corrected chi connectivity index (χ0v) is 14.8. The van der Waals surface area contributed by atoms with Gasteiger partial charge in [-0.15, -0.1) is 0 Å². The van der Waals surface area contributed by atoms with Crippen LogP contribution < -0.4 is 0 Å². The Hall–Kier alpha value is -1.82. The molecule has 0 aliphatic carbocycles. The molecule has 0 amide bonds. The highest BCUT2D eigenvalue weighted by Gasteiger charge is 2.16. The first-order valence-corrected chi connectivity index (χ1v) is 9.37. The van der Waals surface area contributed by atoms with Crippen molar-refractivity contribution in [3.8, 4) is 0 Å². The van der Waals surface area contributed by atoms with Gasteiger partial charge < -0.3 is 4.74 Å². The Morgan fingerprint density at radius 2 is 1.75 bits per heavy atom. The molecule has 0 heterocycles. The summed E-state index contributed by atoms with van der Waals surface area (Å²) >= 11 is 11.6. The number of ether oxygens (including phenoxy) is 1. The first-order valence-electron chi connectivity index (χ1n) is 6.96. The number of sulfone groups is 1. The second kappa shape index (κ2) is 8.33. The second-order valence-electron chi connectivity index (χ2n) is 4.81. The molecule has 0 N–H and O–H groups in total. The van der Waals surface area contributed by atoms with Gasteiger partial charge in [-0.2, -0.15) is 0 Å². The lowest BCUT2D eigenvalue weighted by atomic mass is 10.2. The summed E-state index contributed by atoms with van der Waals surface area (Å²) in [4.78, 5) is 11.6. The number of hydrogen-bond donors (Lipinski definition) is 0. The average molecular weight is 385 g/mol. The van der Waals surface area contributed by atoms with E-state index in [-0.39, 0.29) is 27.3 Å². The standard InChI is InChI=1S/C17H14Cl2O4S/c18-15-8-7-14(12-16(15)19)24(21,22)11-10-23-17(20)9-6-13-4-2-1-3-5-13/h1-9,12H,10-11H2/b9-6+. The van der Waals surface area contributed by atoms with Crippen molar-refractivity contribution in [3.05, 3.63) is 70.2 Å². The third-order valence-corrected chi connectivity index (χ3v) is 5.47. The van der Waals surface area contributed by atoms with E-state index in [1.807, 2.05) is 30.3 Å². The van der Waals surface area contributed by atoms with E-state index in [0.717, 1.165) is 5.56 Å². The molecule has 2 aromatic rings. The molecule has 0 atom stereocenters. The van der Waals surface area contributed by atoms with Gasteiger partial charge in [0.15, 0.2) is 9.84 Å². The summed E-state index contributed by atoms with van der Waals surface area (Å²) in [6.07, 6.45) is 2.84. The van der Waals surface area contributed by atoms with Gasteiger partial charge in [0, 0.05) is 6.08 Å². The molecule has 0 bridgehead atoms. The Morgan fingerprint density at radius 1 is 1.04 bits per heavy atom. The van der Waals surface area contributed by atoms with E-state index >= 15 is 0 Å². The van der Waals surface area contributed by atoms with Crippen molar-refractivity contribution in [2.75, 3.05) is 12.4 Å². The molecule has 126 valence electrons. The summed E-state index contributed by atoms with van der Waals surface area (Å²) in [7, 11) is -3.61. The van der Waals surface area contributed by atoms with Crippen molar-refractivity contribution in [2.24, 2.45) is 0 Å². The van der Waals surface area contributed by atoms with Crippen LogP contribution in [0, 0.1) is 0 Å². The lowest BCUT2D eigenvalue weighted by Crippen LogP contribution is -2.14. The molecule has 2 aromatic carbocycles. The minimum Gasteiger partial charge on any atom is -0.461 e. The van der Waals surface area contributed by atoms with Gasteiger partial charge in [-0.3, -0.25) is 0 Å². The average Bonchev–Trinajstić information content (AvgIpc) is 2.56. The van der Waals surface area contributed by atoms with Gasteiger partial charge in [0.2, 0.25) is 0 Å². The molecule has 0 unspecified atom stereocenters. The molecule has 0 saturated heterocycles. The summed E-state index contributed by atoms with van der Waals surface area (Å²) in [5.74, 6) is -0.946. The van der Waals surface area contributed by atoms with Crippen LogP contribution in [0.4, 0.5) is 0 Å². The number of hydrogen-bond acceptors (Lipinski definition) is 4. The minimum atomic E-state index is -3.61. The van der Waals surface area contributed by atoms with Crippen LogP contribution in [0.5, 0.6) is 0 Å². The Kier molecular flexibility index (Phi) is 6.43. The Balaban J connectivity index is 1.89. The summed E-state index contributed by atoms with van der Waals surface area (Å²) in [5, 5.41) is 0.425. The maximum atomic E-state index is 12.1. The fourth-order valence-electron chi connectivity index (χ4n) is 1.82. The molecule has 0 radical (unpaired) electrons. The topological polar surface area (TPSA) is 60.4 Å². The number of rotatable bonds is 6. The van der Waals surface area contributed by atoms with Gasteiger partial charge in [0.05, 0.1) is 20.7 Å². The van der Waals surface area contributed by atoms with Crippen molar-refractivity contribution in [2.45, 2.75) is 4.90 Å². The van der Waals surface area contributed by atoms with Gasteiger partial charge in [-0.25, -0.2) is 13.2 Å². The first kappa shape index (κ1) is 18.5. The lowest BCUT2D eigenvalue weighted by Gasteiger charge is -2.06. The molecule has 2 rings (SSSR count). The first-order chi connectivity index (χ1) is 11.4. The molecule has 4 nitrogen and oxygen atoms in total. The summed E-state index contributed by atoms with van der Waals surface area (Å²) < 4.78 is 29.2. The number of carbonyl (C=O) groups is 1. The Labute approximate surface area is 150 Å². The maximum absolute atomic E-state index is 12.1. The van der Waals surface area contributed by atoms with Gasteiger partial charge in [0.25, 0.3) is 0 Å². The molecule has 0 spiro atoms. The van der Waals surface area contributed by atoms with Crippen LogP contribution >= 0.6 is 23.2 Å². The number of esters is 1. The molecule has 0 aliphatic heterocycles. The van der Waals surface area contributed by atoms with Crippen molar-refractivity contribution in [1.29, 1.82) is 0 Å². The highest BCUT2D eigenvalue weighted by atomic mass is 35.5. The highest BCUT2D eigenvalue weighted by Crippen LogP contribution is 2.25. The number of benzene rings is 2. The van der Waals surface area contributed by atoms with Crippen LogP contribution in [0.3, 0.4) is 0 Å². The predicted molar refractivity (Wildman–Crippen MR) is 94.9 cm³/mol. The van der Waals surface area contributed by atoms with E-state index in [2.05, 4.69) is 0 Å². The second-order valence-corrected chi connectivity index (χ2v) is 7.73. The number of halogens is 2. The SMILES string of the molecule is O=C(/C=C/c1ccccc1)OCCS(=O)(=O)c1ccc(Cl)c(Cl)c1.